The Morgan fingerprint density at radius 2 is 2.17 bits per heavy atom. The fourth-order valence-corrected chi connectivity index (χ4v) is 5.70. The van der Waals surface area contributed by atoms with Crippen LogP contribution in [0.2, 0.25) is 0 Å². The summed E-state index contributed by atoms with van der Waals surface area (Å²) in [6.45, 7) is 7.36. The highest BCUT2D eigenvalue weighted by atomic mass is 127. The first-order valence-electron chi connectivity index (χ1n) is 10.2. The van der Waals surface area contributed by atoms with E-state index in [1.807, 2.05) is 18.4 Å². The van der Waals surface area contributed by atoms with Gasteiger partial charge in [0.2, 0.25) is 0 Å². The number of aliphatic imine (C=N–C) groups is 1. The van der Waals surface area contributed by atoms with Crippen LogP contribution in [0.1, 0.15) is 54.2 Å². The van der Waals surface area contributed by atoms with E-state index >= 15 is 0 Å². The molecule has 1 aliphatic rings. The monoisotopic (exact) mass is 547 g/mol. The largest absolute Gasteiger partial charge is 0.356 e. The van der Waals surface area contributed by atoms with Crippen LogP contribution < -0.4 is 10.6 Å². The van der Waals surface area contributed by atoms with Crippen molar-refractivity contribution in [1.82, 2.24) is 20.5 Å². The molecule has 0 aromatic carbocycles. The predicted molar refractivity (Wildman–Crippen MR) is 137 cm³/mol. The Kier molecular flexibility index (Phi) is 10.3. The molecule has 3 rings (SSSR count). The first kappa shape index (κ1) is 24.6. The third kappa shape index (κ3) is 6.90. The average Bonchev–Trinajstić information content (AvgIpc) is 3.36. The summed E-state index contributed by atoms with van der Waals surface area (Å²) in [6, 6.07) is 4.94. The molecule has 0 amide bonds. The topological polar surface area (TPSA) is 52.6 Å². The number of piperidine rings is 1. The number of nitrogens with one attached hydrogen (secondary N) is 2. The van der Waals surface area contributed by atoms with Crippen LogP contribution in [0.4, 0.5) is 0 Å². The summed E-state index contributed by atoms with van der Waals surface area (Å²) < 4.78 is 0. The number of guanidine groups is 1. The Morgan fingerprint density at radius 3 is 2.83 bits per heavy atom. The van der Waals surface area contributed by atoms with E-state index < -0.39 is 0 Å². The van der Waals surface area contributed by atoms with Crippen LogP contribution in [0.25, 0.3) is 0 Å². The van der Waals surface area contributed by atoms with Gasteiger partial charge in [-0.15, -0.1) is 46.7 Å². The molecule has 5 nitrogen and oxygen atoms in total. The minimum atomic E-state index is 0. The number of aromatic nitrogens is 1. The van der Waals surface area contributed by atoms with E-state index in [9.17, 15) is 0 Å². The molecule has 2 N–H and O–H groups in total. The second kappa shape index (κ2) is 12.2. The van der Waals surface area contributed by atoms with Crippen molar-refractivity contribution in [1.29, 1.82) is 0 Å². The quantitative estimate of drug-likeness (QED) is 0.299. The van der Waals surface area contributed by atoms with Gasteiger partial charge < -0.3 is 10.6 Å². The third-order valence-corrected chi connectivity index (χ3v) is 7.47. The van der Waals surface area contributed by atoms with Crippen LogP contribution >= 0.6 is 46.7 Å². The molecule has 1 saturated heterocycles. The lowest BCUT2D eigenvalue weighted by atomic mass is 9.88. The van der Waals surface area contributed by atoms with Gasteiger partial charge in [-0.25, -0.2) is 4.98 Å². The molecular formula is C21H34IN5S2. The van der Waals surface area contributed by atoms with Crippen LogP contribution in [-0.2, 0) is 6.42 Å². The van der Waals surface area contributed by atoms with E-state index in [1.165, 1.54) is 35.0 Å². The van der Waals surface area contributed by atoms with Crippen molar-refractivity contribution in [3.05, 3.63) is 38.5 Å². The second-order valence-corrected chi connectivity index (χ2v) is 9.67. The van der Waals surface area contributed by atoms with Crippen molar-refractivity contribution < 1.29 is 0 Å². The summed E-state index contributed by atoms with van der Waals surface area (Å²) in [5, 5.41) is 12.6. The van der Waals surface area contributed by atoms with Crippen LogP contribution in [0.15, 0.2) is 27.9 Å². The molecule has 0 saturated carbocycles. The Labute approximate surface area is 200 Å². The number of rotatable bonds is 7. The van der Waals surface area contributed by atoms with Gasteiger partial charge in [-0.05, 0) is 43.8 Å². The number of likely N-dealkylation sites (tertiary alicyclic amines) is 1. The van der Waals surface area contributed by atoms with Gasteiger partial charge in [-0.1, -0.05) is 19.9 Å². The zero-order valence-corrected chi connectivity index (χ0v) is 21.8. The summed E-state index contributed by atoms with van der Waals surface area (Å²) in [4.78, 5) is 13.1. The minimum absolute atomic E-state index is 0. The van der Waals surface area contributed by atoms with Gasteiger partial charge in [-0.2, -0.15) is 0 Å². The van der Waals surface area contributed by atoms with Crippen molar-refractivity contribution >= 4 is 52.6 Å². The average molecular weight is 548 g/mol. The number of thiophene rings is 1. The molecule has 0 radical (unpaired) electrons. The van der Waals surface area contributed by atoms with E-state index in [1.54, 1.807) is 11.3 Å². The molecule has 8 heteroatoms. The highest BCUT2D eigenvalue weighted by Gasteiger charge is 2.31. The van der Waals surface area contributed by atoms with E-state index in [-0.39, 0.29) is 24.0 Å². The first-order chi connectivity index (χ1) is 13.6. The van der Waals surface area contributed by atoms with Gasteiger partial charge in [-0.3, -0.25) is 9.89 Å². The van der Waals surface area contributed by atoms with E-state index in [2.05, 4.69) is 64.3 Å². The van der Waals surface area contributed by atoms with E-state index in [4.69, 9.17) is 4.98 Å². The number of hydrogen-bond acceptors (Lipinski definition) is 5. The smallest absolute Gasteiger partial charge is 0.190 e. The van der Waals surface area contributed by atoms with E-state index in [0.717, 1.165) is 25.5 Å². The molecule has 1 fully saturated rings. The molecule has 1 aliphatic heterocycles. The molecule has 2 atom stereocenters. The fraction of sp³-hybridized carbons (Fsp3) is 0.619. The summed E-state index contributed by atoms with van der Waals surface area (Å²) in [5.41, 5.74) is 1.17. The van der Waals surface area contributed by atoms with Gasteiger partial charge in [0.15, 0.2) is 5.96 Å². The van der Waals surface area contributed by atoms with Crippen molar-refractivity contribution in [2.45, 2.75) is 45.1 Å². The molecule has 2 unspecified atom stereocenters. The molecule has 162 valence electrons. The molecule has 0 bridgehead atoms. The van der Waals surface area contributed by atoms with Crippen LogP contribution in [0, 0.1) is 5.92 Å². The van der Waals surface area contributed by atoms with Crippen LogP contribution in [0.3, 0.4) is 0 Å². The standard InChI is InChI=1S/C21H33N5S2.HI/c1-15(2)20-25-17(14-28-20)9-10-23-21(22-3)24-13-16-7-5-11-26(4)19(16)18-8-6-12-27-18;/h6,8,12,14-16,19H,5,7,9-11,13H2,1-4H3,(H2,22,23,24);1H. The molecular weight excluding hydrogens is 513 g/mol. The van der Waals surface area contributed by atoms with Gasteiger partial charge >= 0.3 is 0 Å². The maximum absolute atomic E-state index is 4.71. The Bertz CT molecular complexity index is 744. The van der Waals surface area contributed by atoms with Crippen molar-refractivity contribution in [3.63, 3.8) is 0 Å². The lowest BCUT2D eigenvalue weighted by molar-refractivity contribution is 0.125. The van der Waals surface area contributed by atoms with Crippen LogP contribution in [0.5, 0.6) is 0 Å². The second-order valence-electron chi connectivity index (χ2n) is 7.80. The summed E-state index contributed by atoms with van der Waals surface area (Å²) in [6.07, 6.45) is 3.44. The number of halogens is 1. The van der Waals surface area contributed by atoms with Gasteiger partial charge in [0, 0.05) is 48.8 Å². The number of hydrogen-bond donors (Lipinski definition) is 2. The number of thiazole rings is 1. The van der Waals surface area contributed by atoms with Crippen molar-refractivity contribution in [2.75, 3.05) is 33.7 Å². The highest BCUT2D eigenvalue weighted by Crippen LogP contribution is 2.36. The highest BCUT2D eigenvalue weighted by molar-refractivity contribution is 14.0. The summed E-state index contributed by atoms with van der Waals surface area (Å²) in [7, 11) is 4.10. The van der Waals surface area contributed by atoms with Gasteiger partial charge in [0.1, 0.15) is 0 Å². The Hall–Kier alpha value is -0.710. The zero-order valence-electron chi connectivity index (χ0n) is 17.9. The van der Waals surface area contributed by atoms with Gasteiger partial charge in [0.25, 0.3) is 0 Å². The minimum Gasteiger partial charge on any atom is -0.356 e. The molecule has 2 aromatic rings. The normalized spacial score (nSPS) is 20.5. The SMILES string of the molecule is CN=C(NCCc1csc(C(C)C)n1)NCC1CCCN(C)C1c1cccs1.I. The molecule has 3 heterocycles. The Morgan fingerprint density at radius 1 is 1.34 bits per heavy atom. The zero-order chi connectivity index (χ0) is 19.9. The van der Waals surface area contributed by atoms with E-state index in [0.29, 0.717) is 17.9 Å². The molecule has 29 heavy (non-hydrogen) atoms. The third-order valence-electron chi connectivity index (χ3n) is 5.33. The number of nitrogens with zero attached hydrogens (tertiary/aromatic N) is 3. The molecule has 0 spiro atoms. The van der Waals surface area contributed by atoms with Crippen molar-refractivity contribution in [2.24, 2.45) is 10.9 Å². The van der Waals surface area contributed by atoms with Crippen molar-refractivity contribution in [3.8, 4) is 0 Å². The van der Waals surface area contributed by atoms with Gasteiger partial charge in [0.05, 0.1) is 10.7 Å². The Balaban J connectivity index is 0.00000300. The fourth-order valence-electron chi connectivity index (χ4n) is 3.84. The molecule has 2 aromatic heterocycles. The molecule has 0 aliphatic carbocycles. The van der Waals surface area contributed by atoms with Crippen LogP contribution in [-0.4, -0.2) is 49.6 Å². The first-order valence-corrected chi connectivity index (χ1v) is 12.0. The lowest BCUT2D eigenvalue weighted by Crippen LogP contribution is -2.45. The lowest BCUT2D eigenvalue weighted by Gasteiger charge is -2.39. The summed E-state index contributed by atoms with van der Waals surface area (Å²) in [5.74, 6) is 1.99. The maximum atomic E-state index is 4.71. The summed E-state index contributed by atoms with van der Waals surface area (Å²) >= 11 is 3.63. The maximum Gasteiger partial charge on any atom is 0.190 e. The predicted octanol–water partition coefficient (Wildman–Crippen LogP) is 4.74.